The minimum absolute atomic E-state index is 0.244. The molecule has 6 nitrogen and oxygen atoms in total. The number of morpholine rings is 1. The molecule has 1 saturated heterocycles. The fraction of sp³-hybridized carbons (Fsp3) is 0.800. The minimum atomic E-state index is 0.244. The second-order valence-corrected chi connectivity index (χ2v) is 5.75. The van der Waals surface area contributed by atoms with Gasteiger partial charge in [-0.25, -0.2) is 4.98 Å². The zero-order valence-electron chi connectivity index (χ0n) is 13.4. The summed E-state index contributed by atoms with van der Waals surface area (Å²) in [7, 11) is 1.71. The number of hydrogen-bond acceptors (Lipinski definition) is 5. The van der Waals surface area contributed by atoms with E-state index < -0.39 is 0 Å². The fourth-order valence-corrected chi connectivity index (χ4v) is 2.59. The summed E-state index contributed by atoms with van der Waals surface area (Å²) >= 11 is 0. The number of imidazole rings is 1. The lowest BCUT2D eigenvalue weighted by Gasteiger charge is -2.35. The Morgan fingerprint density at radius 2 is 2.38 bits per heavy atom. The van der Waals surface area contributed by atoms with Crippen LogP contribution in [-0.4, -0.2) is 66.6 Å². The van der Waals surface area contributed by atoms with Crippen LogP contribution in [0.15, 0.2) is 12.4 Å². The van der Waals surface area contributed by atoms with E-state index in [1.54, 1.807) is 7.11 Å². The van der Waals surface area contributed by atoms with Gasteiger partial charge in [-0.1, -0.05) is 0 Å². The largest absolute Gasteiger partial charge is 0.383 e. The second kappa shape index (κ2) is 8.48. The Kier molecular flexibility index (Phi) is 6.63. The summed E-state index contributed by atoms with van der Waals surface area (Å²) in [6.45, 7) is 10.5. The minimum Gasteiger partial charge on any atom is -0.383 e. The number of nitrogens with zero attached hydrogens (tertiary/aromatic N) is 3. The Morgan fingerprint density at radius 3 is 3.14 bits per heavy atom. The quantitative estimate of drug-likeness (QED) is 0.717. The van der Waals surface area contributed by atoms with Crippen LogP contribution in [-0.2, 0) is 22.6 Å². The summed E-state index contributed by atoms with van der Waals surface area (Å²) < 4.78 is 13.1. The van der Waals surface area contributed by atoms with Crippen LogP contribution in [0.1, 0.15) is 19.7 Å². The van der Waals surface area contributed by atoms with Crippen molar-refractivity contribution in [2.24, 2.45) is 0 Å². The van der Waals surface area contributed by atoms with Crippen molar-refractivity contribution < 1.29 is 9.47 Å². The first kappa shape index (κ1) is 16.4. The maximum atomic E-state index is 5.90. The van der Waals surface area contributed by atoms with Gasteiger partial charge in [-0.3, -0.25) is 4.90 Å². The lowest BCUT2D eigenvalue weighted by molar-refractivity contribution is -0.0459. The molecule has 2 rings (SSSR count). The van der Waals surface area contributed by atoms with Crippen LogP contribution in [0.5, 0.6) is 0 Å². The molecule has 0 saturated carbocycles. The number of methoxy groups -OCH3 is 1. The molecule has 1 aliphatic heterocycles. The molecule has 2 heterocycles. The highest BCUT2D eigenvalue weighted by molar-refractivity contribution is 4.93. The van der Waals surface area contributed by atoms with Crippen molar-refractivity contribution in [2.75, 3.05) is 40.0 Å². The highest BCUT2D eigenvalue weighted by atomic mass is 16.5. The standard InChI is InChI=1S/C15H28N4O2/c1-13(2)18-7-9-21-14(11-18)12-19-6-4-17-15(19)10-16-5-8-20-3/h4,6,13-14,16H,5,7-12H2,1-3H3. The fourth-order valence-electron chi connectivity index (χ4n) is 2.59. The van der Waals surface area contributed by atoms with Gasteiger partial charge in [0.2, 0.25) is 0 Å². The molecule has 0 aromatic carbocycles. The van der Waals surface area contributed by atoms with E-state index in [-0.39, 0.29) is 6.10 Å². The lowest BCUT2D eigenvalue weighted by atomic mass is 10.2. The molecule has 1 N–H and O–H groups in total. The summed E-state index contributed by atoms with van der Waals surface area (Å²) in [6.07, 6.45) is 4.13. The first-order valence-corrected chi connectivity index (χ1v) is 7.76. The van der Waals surface area contributed by atoms with Crippen molar-refractivity contribution in [1.29, 1.82) is 0 Å². The van der Waals surface area contributed by atoms with Crippen LogP contribution < -0.4 is 5.32 Å². The van der Waals surface area contributed by atoms with E-state index in [1.165, 1.54) is 0 Å². The van der Waals surface area contributed by atoms with Gasteiger partial charge in [0.05, 0.1) is 32.4 Å². The SMILES string of the molecule is COCCNCc1nccn1CC1CN(C(C)C)CCO1. The van der Waals surface area contributed by atoms with Gasteiger partial charge in [0.1, 0.15) is 5.82 Å². The van der Waals surface area contributed by atoms with Crippen LogP contribution in [0, 0.1) is 0 Å². The monoisotopic (exact) mass is 296 g/mol. The molecular formula is C15H28N4O2. The first-order chi connectivity index (χ1) is 10.2. The van der Waals surface area contributed by atoms with E-state index in [9.17, 15) is 0 Å². The van der Waals surface area contributed by atoms with Crippen molar-refractivity contribution in [3.63, 3.8) is 0 Å². The van der Waals surface area contributed by atoms with Gasteiger partial charge in [0.25, 0.3) is 0 Å². The summed E-state index contributed by atoms with van der Waals surface area (Å²) in [6, 6.07) is 0.578. The molecule has 0 aliphatic carbocycles. The molecular weight excluding hydrogens is 268 g/mol. The van der Waals surface area contributed by atoms with Gasteiger partial charge in [-0.05, 0) is 13.8 Å². The molecule has 1 aromatic heterocycles. The molecule has 1 aromatic rings. The van der Waals surface area contributed by atoms with Crippen LogP contribution in [0.3, 0.4) is 0 Å². The van der Waals surface area contributed by atoms with Crippen molar-refractivity contribution in [2.45, 2.75) is 39.1 Å². The maximum absolute atomic E-state index is 5.90. The molecule has 0 spiro atoms. The molecule has 1 unspecified atom stereocenters. The van der Waals surface area contributed by atoms with Crippen molar-refractivity contribution >= 4 is 0 Å². The third-order valence-corrected chi connectivity index (χ3v) is 3.87. The Labute approximate surface area is 127 Å². The molecule has 120 valence electrons. The van der Waals surface area contributed by atoms with E-state index in [1.807, 2.05) is 12.4 Å². The predicted octanol–water partition coefficient (Wildman–Crippen LogP) is 0.728. The van der Waals surface area contributed by atoms with Crippen molar-refractivity contribution in [3.05, 3.63) is 18.2 Å². The molecule has 21 heavy (non-hydrogen) atoms. The van der Waals surface area contributed by atoms with Gasteiger partial charge in [-0.2, -0.15) is 0 Å². The predicted molar refractivity (Wildman–Crippen MR) is 82.3 cm³/mol. The topological polar surface area (TPSA) is 51.5 Å². The van der Waals surface area contributed by atoms with E-state index in [2.05, 4.69) is 33.6 Å². The zero-order chi connectivity index (χ0) is 15.1. The van der Waals surface area contributed by atoms with Gasteiger partial charge in [0.15, 0.2) is 0 Å². The number of ether oxygens (including phenoxy) is 2. The Hall–Kier alpha value is -0.950. The van der Waals surface area contributed by atoms with Gasteiger partial charge in [0, 0.05) is 45.2 Å². The zero-order valence-corrected chi connectivity index (χ0v) is 13.4. The first-order valence-electron chi connectivity index (χ1n) is 7.76. The Balaban J connectivity index is 1.83. The molecule has 0 amide bonds. The summed E-state index contributed by atoms with van der Waals surface area (Å²) in [4.78, 5) is 6.90. The highest BCUT2D eigenvalue weighted by Crippen LogP contribution is 2.11. The number of rotatable bonds is 8. The lowest BCUT2D eigenvalue weighted by Crippen LogP contribution is -2.47. The van der Waals surface area contributed by atoms with Crippen LogP contribution in [0.25, 0.3) is 0 Å². The Bertz CT molecular complexity index is 408. The van der Waals surface area contributed by atoms with Crippen LogP contribution >= 0.6 is 0 Å². The third kappa shape index (κ3) is 5.07. The summed E-state index contributed by atoms with van der Waals surface area (Å²) in [5.41, 5.74) is 0. The van der Waals surface area contributed by atoms with Crippen LogP contribution in [0.2, 0.25) is 0 Å². The molecule has 1 atom stereocenters. The van der Waals surface area contributed by atoms with E-state index in [0.29, 0.717) is 6.04 Å². The van der Waals surface area contributed by atoms with E-state index >= 15 is 0 Å². The second-order valence-electron chi connectivity index (χ2n) is 5.75. The Morgan fingerprint density at radius 1 is 1.52 bits per heavy atom. The van der Waals surface area contributed by atoms with Gasteiger partial charge >= 0.3 is 0 Å². The highest BCUT2D eigenvalue weighted by Gasteiger charge is 2.23. The van der Waals surface area contributed by atoms with Gasteiger partial charge < -0.3 is 19.4 Å². The smallest absolute Gasteiger partial charge is 0.122 e. The van der Waals surface area contributed by atoms with Crippen LogP contribution in [0.4, 0.5) is 0 Å². The number of hydrogen-bond donors (Lipinski definition) is 1. The van der Waals surface area contributed by atoms with E-state index in [4.69, 9.17) is 9.47 Å². The van der Waals surface area contributed by atoms with Gasteiger partial charge in [-0.15, -0.1) is 0 Å². The summed E-state index contributed by atoms with van der Waals surface area (Å²) in [5, 5.41) is 3.33. The molecule has 6 heteroatoms. The summed E-state index contributed by atoms with van der Waals surface area (Å²) in [5.74, 6) is 1.05. The van der Waals surface area contributed by atoms with E-state index in [0.717, 1.165) is 51.8 Å². The maximum Gasteiger partial charge on any atom is 0.122 e. The third-order valence-electron chi connectivity index (χ3n) is 3.87. The average Bonchev–Trinajstić information content (AvgIpc) is 2.91. The van der Waals surface area contributed by atoms with Crippen molar-refractivity contribution in [1.82, 2.24) is 19.8 Å². The van der Waals surface area contributed by atoms with Crippen molar-refractivity contribution in [3.8, 4) is 0 Å². The average molecular weight is 296 g/mol. The normalized spacial score (nSPS) is 20.3. The number of nitrogens with one attached hydrogen (secondary N) is 1. The molecule has 1 aliphatic rings. The molecule has 1 fully saturated rings. The number of aromatic nitrogens is 2. The molecule has 0 bridgehead atoms. The molecule has 0 radical (unpaired) electrons.